The smallest absolute Gasteiger partial charge is 0.483 e. The van der Waals surface area contributed by atoms with E-state index >= 15 is 0 Å². The Balaban J connectivity index is -0.0000000569. The van der Waals surface area contributed by atoms with Crippen molar-refractivity contribution in [1.82, 2.24) is 0 Å². The molecule has 0 aromatic carbocycles. The molecule has 0 N–H and O–H groups in total. The predicted molar refractivity (Wildman–Crippen MR) is 27.7 cm³/mol. The fourth-order valence-corrected chi connectivity index (χ4v) is 0.0680. The van der Waals surface area contributed by atoms with Crippen molar-refractivity contribution < 1.29 is 62.3 Å². The van der Waals surface area contributed by atoms with Crippen LogP contribution in [-0.2, 0) is 4.74 Å². The summed E-state index contributed by atoms with van der Waals surface area (Å²) < 4.78 is 2.86. The molecule has 58 valence electrons. The second-order valence-corrected chi connectivity index (χ2v) is 1.01. The van der Waals surface area contributed by atoms with E-state index in [4.69, 9.17) is 19.8 Å². The predicted octanol–water partition coefficient (Wildman–Crippen LogP) is -7.11. The van der Waals surface area contributed by atoms with Crippen LogP contribution in [0.2, 0.25) is 0 Å². The zero-order chi connectivity index (χ0) is 8.57. The summed E-state index contributed by atoms with van der Waals surface area (Å²) in [5, 5.41) is 18.1. The molecule has 0 aliphatic rings. The first-order valence-corrected chi connectivity index (χ1v) is 2.21. The van der Waals surface area contributed by atoms with Crippen molar-refractivity contribution in [3.8, 4) is 0 Å². The molecule has 0 amide bonds. The summed E-state index contributed by atoms with van der Waals surface area (Å²) in [7, 11) is 0. The van der Waals surface area contributed by atoms with Crippen LogP contribution in [-0.4, -0.2) is 12.3 Å². The SMILES string of the molecule is C=CC.O=C([O-])OC(=O)[O-].[Li+].[Li+]. The van der Waals surface area contributed by atoms with Gasteiger partial charge in [-0.05, 0) is 6.92 Å². The molecule has 7 heteroatoms. The van der Waals surface area contributed by atoms with Gasteiger partial charge in [0.15, 0.2) is 0 Å². The zero-order valence-corrected chi connectivity index (χ0v) is 7.33. The molecule has 0 aromatic rings. The summed E-state index contributed by atoms with van der Waals surface area (Å²) in [5.74, 6) is 0. The average Bonchev–Trinajstić information content (AvgIpc) is 1.62. The van der Waals surface area contributed by atoms with Crippen LogP contribution in [0.25, 0.3) is 0 Å². The van der Waals surface area contributed by atoms with Crippen LogP contribution in [0.15, 0.2) is 12.7 Å². The van der Waals surface area contributed by atoms with Gasteiger partial charge in [-0.1, -0.05) is 6.08 Å². The number of carboxylic acid groups (broad SMARTS) is 2. The molecule has 0 saturated carbocycles. The number of allylic oxidation sites excluding steroid dienone is 1. The Morgan fingerprint density at radius 2 is 1.42 bits per heavy atom. The van der Waals surface area contributed by atoms with Crippen LogP contribution in [0.5, 0.6) is 0 Å². The van der Waals surface area contributed by atoms with Gasteiger partial charge in [-0.25, -0.2) is 0 Å². The first-order chi connectivity index (χ1) is 4.54. The molecular weight excluding hydrogens is 154 g/mol. The minimum Gasteiger partial charge on any atom is -0.483 e. The van der Waals surface area contributed by atoms with E-state index in [1.54, 1.807) is 6.08 Å². The van der Waals surface area contributed by atoms with Crippen LogP contribution < -0.4 is 47.9 Å². The number of rotatable bonds is 0. The number of carbonyl (C=O) groups excluding carboxylic acids is 2. The third-order valence-electron chi connectivity index (χ3n) is 0.167. The summed E-state index contributed by atoms with van der Waals surface area (Å²) in [5.41, 5.74) is 0. The molecule has 0 fully saturated rings. The summed E-state index contributed by atoms with van der Waals surface area (Å²) in [6, 6.07) is 0. The molecule has 0 unspecified atom stereocenters. The van der Waals surface area contributed by atoms with Crippen molar-refractivity contribution in [3.63, 3.8) is 0 Å². The Morgan fingerprint density at radius 3 is 1.42 bits per heavy atom. The Kier molecular flexibility index (Phi) is 31.9. The number of ether oxygens (including phenoxy) is 1. The van der Waals surface area contributed by atoms with Gasteiger partial charge < -0.3 is 24.5 Å². The Hall–Kier alpha value is -0.325. The van der Waals surface area contributed by atoms with Crippen LogP contribution in [0, 0.1) is 0 Å². The van der Waals surface area contributed by atoms with E-state index < -0.39 is 12.3 Å². The van der Waals surface area contributed by atoms with E-state index in [1.165, 1.54) is 0 Å². The van der Waals surface area contributed by atoms with Crippen LogP contribution in [0.1, 0.15) is 6.92 Å². The van der Waals surface area contributed by atoms with Gasteiger partial charge >= 0.3 is 37.7 Å². The van der Waals surface area contributed by atoms with Gasteiger partial charge in [-0.3, -0.25) is 0 Å². The summed E-state index contributed by atoms with van der Waals surface area (Å²) >= 11 is 0. The normalized spacial score (nSPS) is 5.42. The van der Waals surface area contributed by atoms with Crippen LogP contribution in [0.4, 0.5) is 9.59 Å². The Labute approximate surface area is 94.1 Å². The van der Waals surface area contributed by atoms with E-state index in [9.17, 15) is 0 Å². The Morgan fingerprint density at radius 1 is 1.25 bits per heavy atom. The topological polar surface area (TPSA) is 89.5 Å². The first-order valence-electron chi connectivity index (χ1n) is 2.21. The molecule has 0 rings (SSSR count). The molecule has 0 saturated heterocycles. The third kappa shape index (κ3) is 53.9. The molecular formula is C5H6Li2O5. The molecule has 0 aliphatic carbocycles. The standard InChI is InChI=1S/C3H6.C2H2O5.2Li/c1-3-2;3-1(4)7-2(5)6;;/h3H,1H2,2H3;(H,3,4)(H,5,6);;/q;;2*+1/p-2. The average molecular weight is 160 g/mol. The molecule has 0 aliphatic heterocycles. The van der Waals surface area contributed by atoms with E-state index in [1.807, 2.05) is 6.92 Å². The molecule has 0 heterocycles. The van der Waals surface area contributed by atoms with E-state index in [0.717, 1.165) is 0 Å². The van der Waals surface area contributed by atoms with Crippen molar-refractivity contribution in [1.29, 1.82) is 0 Å². The van der Waals surface area contributed by atoms with Crippen LogP contribution >= 0.6 is 0 Å². The summed E-state index contributed by atoms with van der Waals surface area (Å²) in [6.07, 6.45) is -2.50. The minimum atomic E-state index is -2.12. The fourth-order valence-electron chi connectivity index (χ4n) is 0.0680. The molecule has 0 spiro atoms. The summed E-state index contributed by atoms with van der Waals surface area (Å²) in [4.78, 5) is 18.1. The van der Waals surface area contributed by atoms with E-state index in [-0.39, 0.29) is 37.7 Å². The quantitative estimate of drug-likeness (QED) is 0.152. The van der Waals surface area contributed by atoms with Gasteiger partial charge in [0, 0.05) is 0 Å². The van der Waals surface area contributed by atoms with Crippen molar-refractivity contribution >= 4 is 12.3 Å². The van der Waals surface area contributed by atoms with Gasteiger partial charge in [0.05, 0.1) is 0 Å². The number of hydrogen-bond acceptors (Lipinski definition) is 5. The fraction of sp³-hybridized carbons (Fsp3) is 0.200. The van der Waals surface area contributed by atoms with Crippen molar-refractivity contribution in [2.24, 2.45) is 0 Å². The number of hydrogen-bond donors (Lipinski definition) is 0. The second kappa shape index (κ2) is 17.0. The summed E-state index contributed by atoms with van der Waals surface area (Å²) in [6.45, 7) is 5.25. The minimum absolute atomic E-state index is 0. The van der Waals surface area contributed by atoms with E-state index in [0.29, 0.717) is 0 Å². The van der Waals surface area contributed by atoms with Gasteiger partial charge in [0.2, 0.25) is 0 Å². The van der Waals surface area contributed by atoms with Crippen LogP contribution in [0.3, 0.4) is 0 Å². The van der Waals surface area contributed by atoms with Gasteiger partial charge in [-0.2, -0.15) is 0 Å². The van der Waals surface area contributed by atoms with Gasteiger partial charge in [-0.15, -0.1) is 6.58 Å². The van der Waals surface area contributed by atoms with Crippen molar-refractivity contribution in [2.45, 2.75) is 6.92 Å². The number of carbonyl (C=O) groups is 2. The third-order valence-corrected chi connectivity index (χ3v) is 0.167. The monoisotopic (exact) mass is 160 g/mol. The molecule has 0 aromatic heterocycles. The van der Waals surface area contributed by atoms with Crippen molar-refractivity contribution in [2.75, 3.05) is 0 Å². The zero-order valence-electron chi connectivity index (χ0n) is 7.33. The second-order valence-electron chi connectivity index (χ2n) is 1.01. The largest absolute Gasteiger partial charge is 1.00 e. The maximum atomic E-state index is 9.06. The molecule has 5 nitrogen and oxygen atoms in total. The maximum Gasteiger partial charge on any atom is 1.00 e. The van der Waals surface area contributed by atoms with Gasteiger partial charge in [0.1, 0.15) is 0 Å². The molecule has 0 radical (unpaired) electrons. The first kappa shape index (κ1) is 22.6. The van der Waals surface area contributed by atoms with Gasteiger partial charge in [0.25, 0.3) is 12.3 Å². The van der Waals surface area contributed by atoms with E-state index in [2.05, 4.69) is 11.3 Å². The molecule has 0 bridgehead atoms. The maximum absolute atomic E-state index is 9.06. The Bertz CT molecular complexity index is 124. The molecule has 0 atom stereocenters. The molecule has 12 heavy (non-hydrogen) atoms. The van der Waals surface area contributed by atoms with Crippen molar-refractivity contribution in [3.05, 3.63) is 12.7 Å².